The first kappa shape index (κ1) is 24.6. The molecule has 4 nitrogen and oxygen atoms in total. The standard InChI is InChI=1S/C29H35NO3/c1-4-7-9-10-11-12-20-33-29(32)25-18-19-30-26(25)21-24(13-8-5-2)27(30)28(31)23-16-14-22(6-3)15-17-23/h3,14-18,21H,4-5,7-13,19-20H2,1-2H3. The normalized spacial score (nSPS) is 12.2. The summed E-state index contributed by atoms with van der Waals surface area (Å²) in [6, 6.07) is 9.13. The van der Waals surface area contributed by atoms with Gasteiger partial charge >= 0.3 is 5.97 Å². The van der Waals surface area contributed by atoms with Crippen LogP contribution in [0.2, 0.25) is 0 Å². The van der Waals surface area contributed by atoms with Crippen LogP contribution in [-0.4, -0.2) is 22.9 Å². The molecule has 3 rings (SSSR count). The third kappa shape index (κ3) is 6.05. The fraction of sp³-hybridized carbons (Fsp3) is 0.448. The Morgan fingerprint density at radius 2 is 1.70 bits per heavy atom. The Hall–Kier alpha value is -3.06. The van der Waals surface area contributed by atoms with Crippen LogP contribution in [-0.2, 0) is 22.5 Å². The molecule has 2 heterocycles. The topological polar surface area (TPSA) is 48.3 Å². The number of rotatable bonds is 13. The molecule has 0 spiro atoms. The number of allylic oxidation sites excluding steroid dienone is 1. The van der Waals surface area contributed by atoms with E-state index in [-0.39, 0.29) is 11.8 Å². The minimum absolute atomic E-state index is 0.0361. The highest BCUT2D eigenvalue weighted by atomic mass is 16.5. The highest BCUT2D eigenvalue weighted by Crippen LogP contribution is 2.31. The van der Waals surface area contributed by atoms with E-state index in [1.54, 1.807) is 24.3 Å². The van der Waals surface area contributed by atoms with Crippen LogP contribution in [0.15, 0.2) is 36.4 Å². The van der Waals surface area contributed by atoms with Crippen molar-refractivity contribution in [1.82, 2.24) is 4.57 Å². The molecule has 0 atom stereocenters. The van der Waals surface area contributed by atoms with Crippen LogP contribution in [0.5, 0.6) is 0 Å². The maximum Gasteiger partial charge on any atom is 0.339 e. The van der Waals surface area contributed by atoms with Crippen molar-refractivity contribution in [2.45, 2.75) is 78.2 Å². The first-order valence-corrected chi connectivity index (χ1v) is 12.3. The molecule has 0 saturated carbocycles. The Morgan fingerprint density at radius 3 is 2.39 bits per heavy atom. The lowest BCUT2D eigenvalue weighted by Crippen LogP contribution is -2.12. The Labute approximate surface area is 198 Å². The number of nitrogens with zero attached hydrogens (tertiary/aromatic N) is 1. The number of carbonyl (C=O) groups is 2. The van der Waals surface area contributed by atoms with Gasteiger partial charge in [-0.05, 0) is 61.2 Å². The van der Waals surface area contributed by atoms with E-state index >= 15 is 0 Å². The number of terminal acetylenes is 1. The number of esters is 1. The number of carbonyl (C=O) groups excluding carboxylic acids is 2. The van der Waals surface area contributed by atoms with Gasteiger partial charge in [0.15, 0.2) is 0 Å². The summed E-state index contributed by atoms with van der Waals surface area (Å²) in [7, 11) is 0. The molecule has 33 heavy (non-hydrogen) atoms. The van der Waals surface area contributed by atoms with Gasteiger partial charge in [-0.2, -0.15) is 0 Å². The maximum absolute atomic E-state index is 13.4. The number of unbranched alkanes of at least 4 members (excludes halogenated alkanes) is 6. The highest BCUT2D eigenvalue weighted by Gasteiger charge is 2.29. The summed E-state index contributed by atoms with van der Waals surface area (Å²) in [5.74, 6) is 2.26. The van der Waals surface area contributed by atoms with Crippen molar-refractivity contribution in [3.8, 4) is 12.3 Å². The van der Waals surface area contributed by atoms with E-state index in [2.05, 4.69) is 19.8 Å². The van der Waals surface area contributed by atoms with Crippen LogP contribution >= 0.6 is 0 Å². The van der Waals surface area contributed by atoms with Crippen molar-refractivity contribution < 1.29 is 14.3 Å². The van der Waals surface area contributed by atoms with Gasteiger partial charge < -0.3 is 9.30 Å². The molecular formula is C29H35NO3. The molecule has 174 valence electrons. The number of aryl methyl sites for hydroxylation is 1. The number of benzene rings is 1. The van der Waals surface area contributed by atoms with E-state index in [0.29, 0.717) is 30.0 Å². The summed E-state index contributed by atoms with van der Waals surface area (Å²) in [6.07, 6.45) is 17.0. The number of hydrogen-bond donors (Lipinski definition) is 0. The van der Waals surface area contributed by atoms with Gasteiger partial charge in [-0.3, -0.25) is 4.79 Å². The minimum Gasteiger partial charge on any atom is -0.462 e. The average molecular weight is 446 g/mol. The molecule has 1 aromatic carbocycles. The van der Waals surface area contributed by atoms with Gasteiger partial charge in [-0.15, -0.1) is 6.42 Å². The fourth-order valence-corrected chi connectivity index (χ4v) is 4.30. The predicted octanol–water partition coefficient (Wildman–Crippen LogP) is 6.34. The van der Waals surface area contributed by atoms with Crippen LogP contribution < -0.4 is 0 Å². The number of ketones is 1. The van der Waals surface area contributed by atoms with Crippen LogP contribution in [0.4, 0.5) is 0 Å². The van der Waals surface area contributed by atoms with Crippen molar-refractivity contribution in [3.63, 3.8) is 0 Å². The molecule has 0 N–H and O–H groups in total. The molecular weight excluding hydrogens is 410 g/mol. The molecule has 0 bridgehead atoms. The molecule has 1 aromatic heterocycles. The van der Waals surface area contributed by atoms with Gasteiger partial charge in [0.2, 0.25) is 5.78 Å². The van der Waals surface area contributed by atoms with Crippen LogP contribution in [0, 0.1) is 12.3 Å². The lowest BCUT2D eigenvalue weighted by molar-refractivity contribution is -0.136. The molecule has 1 aliphatic heterocycles. The highest BCUT2D eigenvalue weighted by molar-refractivity contribution is 6.18. The van der Waals surface area contributed by atoms with Crippen molar-refractivity contribution >= 4 is 17.3 Å². The van der Waals surface area contributed by atoms with Crippen molar-refractivity contribution in [1.29, 1.82) is 0 Å². The van der Waals surface area contributed by atoms with E-state index in [9.17, 15) is 9.59 Å². The van der Waals surface area contributed by atoms with Crippen molar-refractivity contribution in [2.24, 2.45) is 0 Å². The van der Waals surface area contributed by atoms with Crippen LogP contribution in [0.3, 0.4) is 0 Å². The Kier molecular flexibility index (Phi) is 9.13. The second kappa shape index (κ2) is 12.3. The fourth-order valence-electron chi connectivity index (χ4n) is 4.30. The van der Waals surface area contributed by atoms with Gasteiger partial charge in [0, 0.05) is 17.7 Å². The monoisotopic (exact) mass is 445 g/mol. The summed E-state index contributed by atoms with van der Waals surface area (Å²) in [6.45, 7) is 5.29. The first-order chi connectivity index (χ1) is 16.1. The molecule has 0 fully saturated rings. The molecule has 0 aliphatic carbocycles. The smallest absolute Gasteiger partial charge is 0.339 e. The summed E-state index contributed by atoms with van der Waals surface area (Å²) in [5.41, 5.74) is 4.37. The summed E-state index contributed by atoms with van der Waals surface area (Å²) < 4.78 is 7.53. The third-order valence-corrected chi connectivity index (χ3v) is 6.21. The van der Waals surface area contributed by atoms with E-state index in [1.807, 2.05) is 16.7 Å². The van der Waals surface area contributed by atoms with Gasteiger partial charge in [0.25, 0.3) is 0 Å². The molecule has 2 aromatic rings. The van der Waals surface area contributed by atoms with E-state index in [0.717, 1.165) is 48.9 Å². The van der Waals surface area contributed by atoms with Gasteiger partial charge in [0.1, 0.15) is 0 Å². The zero-order valence-corrected chi connectivity index (χ0v) is 20.0. The van der Waals surface area contributed by atoms with Crippen LogP contribution in [0.25, 0.3) is 5.57 Å². The molecule has 0 saturated heterocycles. The van der Waals surface area contributed by atoms with E-state index in [4.69, 9.17) is 11.2 Å². The van der Waals surface area contributed by atoms with E-state index in [1.165, 1.54) is 25.7 Å². The maximum atomic E-state index is 13.4. The number of hydrogen-bond acceptors (Lipinski definition) is 3. The third-order valence-electron chi connectivity index (χ3n) is 6.21. The van der Waals surface area contributed by atoms with Gasteiger partial charge in [-0.25, -0.2) is 4.79 Å². The Balaban J connectivity index is 1.73. The lowest BCUT2D eigenvalue weighted by Gasteiger charge is -2.09. The second-order valence-electron chi connectivity index (χ2n) is 8.69. The number of aromatic nitrogens is 1. The Bertz CT molecular complexity index is 1030. The Morgan fingerprint density at radius 1 is 1.00 bits per heavy atom. The largest absolute Gasteiger partial charge is 0.462 e. The van der Waals surface area contributed by atoms with Crippen LogP contribution in [0.1, 0.15) is 98.1 Å². The van der Waals surface area contributed by atoms with E-state index < -0.39 is 0 Å². The van der Waals surface area contributed by atoms with Crippen molar-refractivity contribution in [3.05, 3.63) is 64.5 Å². The summed E-state index contributed by atoms with van der Waals surface area (Å²) in [5, 5.41) is 0. The minimum atomic E-state index is -0.292. The quantitative estimate of drug-likeness (QED) is 0.156. The molecule has 0 unspecified atom stereocenters. The van der Waals surface area contributed by atoms with Gasteiger partial charge in [-0.1, -0.05) is 58.3 Å². The number of fused-ring (bicyclic) bond motifs is 1. The molecule has 1 aliphatic rings. The van der Waals surface area contributed by atoms with Gasteiger partial charge in [0.05, 0.1) is 23.6 Å². The summed E-state index contributed by atoms with van der Waals surface area (Å²) >= 11 is 0. The second-order valence-corrected chi connectivity index (χ2v) is 8.69. The first-order valence-electron chi connectivity index (χ1n) is 12.3. The lowest BCUT2D eigenvalue weighted by atomic mass is 10.0. The summed E-state index contributed by atoms with van der Waals surface area (Å²) in [4.78, 5) is 26.2. The molecule has 0 radical (unpaired) electrons. The van der Waals surface area contributed by atoms with Crippen molar-refractivity contribution in [2.75, 3.05) is 6.61 Å². The molecule has 0 amide bonds. The molecule has 4 heteroatoms. The predicted molar refractivity (Wildman–Crippen MR) is 133 cm³/mol. The zero-order valence-electron chi connectivity index (χ0n) is 20.0. The zero-order chi connectivity index (χ0) is 23.6. The SMILES string of the molecule is C#Cc1ccc(C(=O)c2c(CCCC)cc3n2CC=C3C(=O)OCCCCCCCC)cc1. The average Bonchev–Trinajstić information content (AvgIpc) is 3.40. The number of ether oxygens (including phenoxy) is 1.